The Kier molecular flexibility index (Phi) is 4.90. The number of carbonyl (C=O) groups excluding carboxylic acids is 1. The molecule has 0 unspecified atom stereocenters. The standard InChI is InChI=1S/C17H17N3O3S/c1-12(20-9-3-8-19-20)16(13-4-6-14(22-2)7-5-13)23-17(21)15-10-24-11-18-15/h3-12,16H,1-2H3/t12-,16-/m0/s1. The van der Waals surface area contributed by atoms with Crippen LogP contribution in [-0.2, 0) is 4.74 Å². The van der Waals surface area contributed by atoms with Crippen LogP contribution in [0.4, 0.5) is 0 Å². The number of hydrogen-bond acceptors (Lipinski definition) is 6. The van der Waals surface area contributed by atoms with Gasteiger partial charge in [0, 0.05) is 17.8 Å². The quantitative estimate of drug-likeness (QED) is 0.641. The van der Waals surface area contributed by atoms with E-state index < -0.39 is 12.1 Å². The molecule has 0 N–H and O–H groups in total. The average molecular weight is 343 g/mol. The Labute approximate surface area is 143 Å². The van der Waals surface area contributed by atoms with Gasteiger partial charge in [-0.1, -0.05) is 12.1 Å². The summed E-state index contributed by atoms with van der Waals surface area (Å²) in [4.78, 5) is 16.4. The third kappa shape index (κ3) is 3.46. The summed E-state index contributed by atoms with van der Waals surface area (Å²) in [6.45, 7) is 1.95. The lowest BCUT2D eigenvalue weighted by Crippen LogP contribution is -2.21. The van der Waals surface area contributed by atoms with E-state index in [4.69, 9.17) is 9.47 Å². The molecule has 24 heavy (non-hydrogen) atoms. The van der Waals surface area contributed by atoms with E-state index in [-0.39, 0.29) is 6.04 Å². The van der Waals surface area contributed by atoms with Crippen molar-refractivity contribution in [1.29, 1.82) is 0 Å². The lowest BCUT2D eigenvalue weighted by atomic mass is 10.0. The van der Waals surface area contributed by atoms with Crippen LogP contribution in [0.5, 0.6) is 5.75 Å². The van der Waals surface area contributed by atoms with Gasteiger partial charge in [-0.05, 0) is 30.7 Å². The van der Waals surface area contributed by atoms with Crippen molar-refractivity contribution in [3.63, 3.8) is 0 Å². The van der Waals surface area contributed by atoms with Gasteiger partial charge in [-0.2, -0.15) is 5.10 Å². The average Bonchev–Trinajstić information content (AvgIpc) is 3.32. The lowest BCUT2D eigenvalue weighted by Gasteiger charge is -2.24. The highest BCUT2D eigenvalue weighted by molar-refractivity contribution is 7.07. The van der Waals surface area contributed by atoms with E-state index in [1.807, 2.05) is 43.5 Å². The number of aromatic nitrogens is 3. The maximum absolute atomic E-state index is 12.4. The molecule has 0 aliphatic carbocycles. The van der Waals surface area contributed by atoms with Crippen molar-refractivity contribution < 1.29 is 14.3 Å². The normalized spacial score (nSPS) is 13.2. The molecule has 0 saturated carbocycles. The number of benzene rings is 1. The predicted molar refractivity (Wildman–Crippen MR) is 90.2 cm³/mol. The van der Waals surface area contributed by atoms with Gasteiger partial charge >= 0.3 is 5.97 Å². The van der Waals surface area contributed by atoms with Crippen LogP contribution >= 0.6 is 11.3 Å². The Morgan fingerprint density at radius 1 is 1.29 bits per heavy atom. The summed E-state index contributed by atoms with van der Waals surface area (Å²) in [6, 6.07) is 9.12. The fourth-order valence-corrected chi connectivity index (χ4v) is 2.91. The van der Waals surface area contributed by atoms with Crippen LogP contribution in [0.2, 0.25) is 0 Å². The molecular weight excluding hydrogens is 326 g/mol. The predicted octanol–water partition coefficient (Wildman–Crippen LogP) is 3.51. The van der Waals surface area contributed by atoms with Crippen LogP contribution in [0.15, 0.2) is 53.6 Å². The molecule has 0 aliphatic heterocycles. The van der Waals surface area contributed by atoms with Gasteiger partial charge in [-0.15, -0.1) is 11.3 Å². The molecule has 0 aliphatic rings. The molecule has 0 bridgehead atoms. The minimum atomic E-state index is -0.495. The second-order valence-electron chi connectivity index (χ2n) is 5.20. The Morgan fingerprint density at radius 3 is 2.67 bits per heavy atom. The smallest absolute Gasteiger partial charge is 0.358 e. The zero-order chi connectivity index (χ0) is 16.9. The molecule has 2 atom stereocenters. The highest BCUT2D eigenvalue weighted by Crippen LogP contribution is 2.31. The Balaban J connectivity index is 1.89. The van der Waals surface area contributed by atoms with Crippen molar-refractivity contribution in [1.82, 2.24) is 14.8 Å². The summed E-state index contributed by atoms with van der Waals surface area (Å²) in [6.07, 6.45) is 3.05. The first-order chi connectivity index (χ1) is 11.7. The third-order valence-corrected chi connectivity index (χ3v) is 4.29. The van der Waals surface area contributed by atoms with Gasteiger partial charge in [0.15, 0.2) is 5.69 Å². The van der Waals surface area contributed by atoms with Gasteiger partial charge < -0.3 is 9.47 Å². The van der Waals surface area contributed by atoms with Gasteiger partial charge in [0.05, 0.1) is 18.7 Å². The molecular formula is C17H17N3O3S. The summed E-state index contributed by atoms with van der Waals surface area (Å²) < 4.78 is 12.7. The van der Waals surface area contributed by atoms with Gasteiger partial charge in [0.2, 0.25) is 0 Å². The zero-order valence-electron chi connectivity index (χ0n) is 13.3. The second kappa shape index (κ2) is 7.27. The van der Waals surface area contributed by atoms with E-state index in [1.54, 1.807) is 28.9 Å². The zero-order valence-corrected chi connectivity index (χ0v) is 14.1. The molecule has 0 saturated heterocycles. The van der Waals surface area contributed by atoms with Crippen molar-refractivity contribution in [3.8, 4) is 5.75 Å². The van der Waals surface area contributed by atoms with Crippen molar-refractivity contribution in [2.45, 2.75) is 19.1 Å². The van der Waals surface area contributed by atoms with Crippen LogP contribution in [0.25, 0.3) is 0 Å². The maximum Gasteiger partial charge on any atom is 0.358 e. The van der Waals surface area contributed by atoms with Crippen molar-refractivity contribution >= 4 is 17.3 Å². The van der Waals surface area contributed by atoms with Crippen LogP contribution in [-0.4, -0.2) is 27.8 Å². The highest BCUT2D eigenvalue weighted by atomic mass is 32.1. The van der Waals surface area contributed by atoms with E-state index in [9.17, 15) is 4.79 Å². The summed E-state index contributed by atoms with van der Waals surface area (Å²) in [7, 11) is 1.61. The van der Waals surface area contributed by atoms with Gasteiger partial charge in [0.25, 0.3) is 0 Å². The molecule has 1 aromatic carbocycles. The molecule has 0 amide bonds. The lowest BCUT2D eigenvalue weighted by molar-refractivity contribution is 0.0151. The van der Waals surface area contributed by atoms with Crippen LogP contribution < -0.4 is 4.74 Å². The van der Waals surface area contributed by atoms with Gasteiger partial charge in [0.1, 0.15) is 11.9 Å². The topological polar surface area (TPSA) is 66.2 Å². The van der Waals surface area contributed by atoms with E-state index >= 15 is 0 Å². The number of methoxy groups -OCH3 is 1. The number of nitrogens with zero attached hydrogens (tertiary/aromatic N) is 3. The molecule has 124 valence electrons. The van der Waals surface area contributed by atoms with Crippen molar-refractivity contribution in [3.05, 3.63) is 64.9 Å². The summed E-state index contributed by atoms with van der Waals surface area (Å²) in [5.74, 6) is 0.297. The van der Waals surface area contributed by atoms with Gasteiger partial charge in [-0.3, -0.25) is 4.68 Å². The number of hydrogen-bond donors (Lipinski definition) is 0. The molecule has 0 fully saturated rings. The first kappa shape index (κ1) is 16.2. The maximum atomic E-state index is 12.4. The fourth-order valence-electron chi connectivity index (χ4n) is 2.39. The Bertz CT molecular complexity index is 770. The molecule has 0 radical (unpaired) electrons. The number of ether oxygens (including phenoxy) is 2. The number of thiazole rings is 1. The summed E-state index contributed by atoms with van der Waals surface area (Å²) in [5, 5.41) is 5.93. The highest BCUT2D eigenvalue weighted by Gasteiger charge is 2.26. The SMILES string of the molecule is COc1ccc([C@@H](OC(=O)c2cscn2)[C@H](C)n2cccn2)cc1. The van der Waals surface area contributed by atoms with Gasteiger partial charge in [-0.25, -0.2) is 9.78 Å². The second-order valence-corrected chi connectivity index (χ2v) is 5.92. The molecule has 0 spiro atoms. The first-order valence-electron chi connectivity index (χ1n) is 7.41. The number of rotatable bonds is 6. The van der Waals surface area contributed by atoms with Crippen LogP contribution in [0.1, 0.15) is 35.1 Å². The number of esters is 1. The van der Waals surface area contributed by atoms with Crippen LogP contribution in [0, 0.1) is 0 Å². The van der Waals surface area contributed by atoms with Crippen molar-refractivity contribution in [2.75, 3.05) is 7.11 Å². The largest absolute Gasteiger partial charge is 0.497 e. The molecule has 3 rings (SSSR count). The minimum absolute atomic E-state index is 0.170. The number of carbonyl (C=O) groups is 1. The molecule has 2 heterocycles. The summed E-state index contributed by atoms with van der Waals surface area (Å²) in [5.41, 5.74) is 2.78. The van der Waals surface area contributed by atoms with E-state index in [2.05, 4.69) is 10.1 Å². The van der Waals surface area contributed by atoms with Crippen LogP contribution in [0.3, 0.4) is 0 Å². The third-order valence-electron chi connectivity index (χ3n) is 3.70. The molecule has 2 aromatic heterocycles. The minimum Gasteiger partial charge on any atom is -0.497 e. The summed E-state index contributed by atoms with van der Waals surface area (Å²) >= 11 is 1.36. The Hall–Kier alpha value is -2.67. The molecule has 3 aromatic rings. The molecule has 6 nitrogen and oxygen atoms in total. The van der Waals surface area contributed by atoms with E-state index in [0.29, 0.717) is 5.69 Å². The van der Waals surface area contributed by atoms with Crippen molar-refractivity contribution in [2.24, 2.45) is 0 Å². The molecule has 7 heteroatoms. The fraction of sp³-hybridized carbons (Fsp3) is 0.235. The Morgan fingerprint density at radius 2 is 2.08 bits per heavy atom. The monoisotopic (exact) mass is 343 g/mol. The van der Waals surface area contributed by atoms with E-state index in [1.165, 1.54) is 11.3 Å². The first-order valence-corrected chi connectivity index (χ1v) is 8.35. The van der Waals surface area contributed by atoms with E-state index in [0.717, 1.165) is 11.3 Å².